The average Bonchev–Trinajstić information content (AvgIpc) is 3.74. The van der Waals surface area contributed by atoms with Gasteiger partial charge in [0.25, 0.3) is 0 Å². The van der Waals surface area contributed by atoms with E-state index in [0.717, 1.165) is 17.2 Å². The summed E-state index contributed by atoms with van der Waals surface area (Å²) in [5.74, 6) is 0.920. The second-order valence-corrected chi connectivity index (χ2v) is 14.5. The number of anilines is 3. The summed E-state index contributed by atoms with van der Waals surface area (Å²) in [5.41, 5.74) is 2.22. The van der Waals surface area contributed by atoms with E-state index in [9.17, 15) is 0 Å². The van der Waals surface area contributed by atoms with Crippen molar-refractivity contribution in [1.82, 2.24) is 4.98 Å². The predicted octanol–water partition coefficient (Wildman–Crippen LogP) is 12.8. The Morgan fingerprint density at radius 2 is 0.886 bits per heavy atom. The summed E-state index contributed by atoms with van der Waals surface area (Å²) < 4.78 is 7.73. The van der Waals surface area contributed by atoms with E-state index in [2.05, 4.69) is 138 Å². The SMILES string of the molecule is c1ccc2cc3c(cc2c1)sc1cnc(N(c2ccc4sc5ccccc5c4c2)c2ccc4sc5ccccc5c4c2)cc13. The molecule has 5 heteroatoms. The first kappa shape index (κ1) is 24.6. The van der Waals surface area contributed by atoms with Crippen molar-refractivity contribution in [2.75, 3.05) is 4.90 Å². The summed E-state index contributed by atoms with van der Waals surface area (Å²) in [7, 11) is 0. The standard InChI is InChI=1S/C39H22N2S3/c1-2-8-24-18-37-29(17-23(24)7-1)32-21-39(40-22-38(32)44-37)41(25-13-15-35-30(19-25)27-9-3-5-11-33(27)42-35)26-14-16-36-31(20-26)28-10-4-6-12-34(28)43-36/h1-22H. The molecule has 0 aliphatic heterocycles. The van der Waals surface area contributed by atoms with E-state index in [1.807, 2.05) is 34.0 Å². The Bertz CT molecular complexity index is 2630. The van der Waals surface area contributed by atoms with Crippen LogP contribution in [0.3, 0.4) is 0 Å². The van der Waals surface area contributed by atoms with E-state index in [1.165, 1.54) is 71.3 Å². The Balaban J connectivity index is 1.24. The lowest BCUT2D eigenvalue weighted by atomic mass is 10.1. The molecular formula is C39H22N2S3. The van der Waals surface area contributed by atoms with Crippen LogP contribution in [-0.2, 0) is 0 Å². The van der Waals surface area contributed by atoms with Gasteiger partial charge in [0.2, 0.25) is 0 Å². The van der Waals surface area contributed by atoms with Crippen LogP contribution in [0.5, 0.6) is 0 Å². The number of benzene rings is 6. The van der Waals surface area contributed by atoms with Gasteiger partial charge in [-0.3, -0.25) is 4.90 Å². The number of rotatable bonds is 3. The van der Waals surface area contributed by atoms with Crippen LogP contribution in [0.2, 0.25) is 0 Å². The molecule has 0 atom stereocenters. The topological polar surface area (TPSA) is 16.1 Å². The monoisotopic (exact) mass is 614 g/mol. The first-order valence-corrected chi connectivity index (χ1v) is 17.1. The predicted molar refractivity (Wildman–Crippen MR) is 195 cm³/mol. The average molecular weight is 615 g/mol. The van der Waals surface area contributed by atoms with E-state index in [0.29, 0.717) is 0 Å². The molecule has 0 spiro atoms. The molecule has 0 bridgehead atoms. The number of hydrogen-bond donors (Lipinski definition) is 0. The van der Waals surface area contributed by atoms with Crippen LogP contribution < -0.4 is 4.90 Å². The molecule has 4 heterocycles. The second kappa shape index (κ2) is 9.34. The first-order chi connectivity index (χ1) is 21.8. The second-order valence-electron chi connectivity index (χ2n) is 11.2. The van der Waals surface area contributed by atoms with Crippen LogP contribution in [0.15, 0.2) is 134 Å². The molecule has 0 fully saturated rings. The molecule has 0 amide bonds. The van der Waals surface area contributed by atoms with Crippen molar-refractivity contribution in [2.45, 2.75) is 0 Å². The molecule has 0 aliphatic rings. The van der Waals surface area contributed by atoms with Gasteiger partial charge in [0.05, 0.1) is 4.70 Å². The van der Waals surface area contributed by atoms with Crippen molar-refractivity contribution in [1.29, 1.82) is 0 Å². The third-order valence-corrected chi connectivity index (χ3v) is 12.1. The maximum Gasteiger partial charge on any atom is 0.138 e. The molecular weight excluding hydrogens is 593 g/mol. The van der Waals surface area contributed by atoms with Crippen molar-refractivity contribution < 1.29 is 0 Å². The molecule has 4 aromatic heterocycles. The lowest BCUT2D eigenvalue weighted by molar-refractivity contribution is 1.20. The molecule has 0 N–H and O–H groups in total. The fourth-order valence-electron chi connectivity index (χ4n) is 6.60. The van der Waals surface area contributed by atoms with Crippen molar-refractivity contribution in [3.05, 3.63) is 134 Å². The number of aromatic nitrogens is 1. The lowest BCUT2D eigenvalue weighted by Crippen LogP contribution is -2.11. The Morgan fingerprint density at radius 1 is 0.386 bits per heavy atom. The number of fused-ring (bicyclic) bond motifs is 10. The van der Waals surface area contributed by atoms with Crippen LogP contribution in [0.1, 0.15) is 0 Å². The summed E-state index contributed by atoms with van der Waals surface area (Å²) >= 11 is 5.52. The Labute approximate surface area is 264 Å². The van der Waals surface area contributed by atoms with Crippen molar-refractivity contribution in [3.8, 4) is 0 Å². The smallest absolute Gasteiger partial charge is 0.138 e. The van der Waals surface area contributed by atoms with Gasteiger partial charge in [-0.15, -0.1) is 34.0 Å². The maximum atomic E-state index is 5.13. The zero-order valence-corrected chi connectivity index (χ0v) is 25.8. The highest BCUT2D eigenvalue weighted by Gasteiger charge is 2.19. The Hall–Kier alpha value is -4.81. The van der Waals surface area contributed by atoms with Crippen LogP contribution in [0.4, 0.5) is 17.2 Å². The summed E-state index contributed by atoms with van der Waals surface area (Å²) in [6.07, 6.45) is 2.06. The quantitative estimate of drug-likeness (QED) is 0.197. The largest absolute Gasteiger partial charge is 0.295 e. The summed E-state index contributed by atoms with van der Waals surface area (Å²) in [4.78, 5) is 7.46. The highest BCUT2D eigenvalue weighted by molar-refractivity contribution is 7.26. The molecule has 0 unspecified atom stereocenters. The highest BCUT2D eigenvalue weighted by atomic mass is 32.1. The van der Waals surface area contributed by atoms with E-state index < -0.39 is 0 Å². The van der Waals surface area contributed by atoms with E-state index >= 15 is 0 Å². The zero-order chi connectivity index (χ0) is 28.8. The van der Waals surface area contributed by atoms with Gasteiger partial charge in [-0.05, 0) is 77.5 Å². The summed E-state index contributed by atoms with van der Waals surface area (Å²) in [5, 5.41) is 10.2. The summed E-state index contributed by atoms with van der Waals surface area (Å²) in [6.45, 7) is 0. The Morgan fingerprint density at radius 3 is 1.55 bits per heavy atom. The van der Waals surface area contributed by atoms with E-state index in [-0.39, 0.29) is 0 Å². The normalized spacial score (nSPS) is 12.1. The zero-order valence-electron chi connectivity index (χ0n) is 23.3. The minimum atomic E-state index is 0.920. The van der Waals surface area contributed by atoms with Gasteiger partial charge >= 0.3 is 0 Å². The lowest BCUT2D eigenvalue weighted by Gasteiger charge is -2.25. The molecule has 10 rings (SSSR count). The third kappa shape index (κ3) is 3.67. The van der Waals surface area contributed by atoms with Gasteiger partial charge in [-0.1, -0.05) is 60.7 Å². The van der Waals surface area contributed by atoms with Gasteiger partial charge in [-0.2, -0.15) is 0 Å². The van der Waals surface area contributed by atoms with Gasteiger partial charge in [0.15, 0.2) is 0 Å². The number of nitrogens with zero attached hydrogens (tertiary/aromatic N) is 2. The minimum absolute atomic E-state index is 0.920. The van der Waals surface area contributed by atoms with Crippen LogP contribution in [-0.4, -0.2) is 4.98 Å². The van der Waals surface area contributed by atoms with Gasteiger partial charge in [-0.25, -0.2) is 4.98 Å². The number of pyridine rings is 1. The van der Waals surface area contributed by atoms with E-state index in [1.54, 1.807) is 0 Å². The fourth-order valence-corrected chi connectivity index (χ4v) is 9.86. The fraction of sp³-hybridized carbons (Fsp3) is 0. The Kier molecular flexibility index (Phi) is 5.23. The molecule has 6 aromatic carbocycles. The molecule has 206 valence electrons. The van der Waals surface area contributed by atoms with Crippen LogP contribution in [0.25, 0.3) is 71.3 Å². The molecule has 0 saturated carbocycles. The molecule has 0 radical (unpaired) electrons. The molecule has 0 aliphatic carbocycles. The van der Waals surface area contributed by atoms with E-state index in [4.69, 9.17) is 4.98 Å². The molecule has 0 saturated heterocycles. The first-order valence-electron chi connectivity index (χ1n) is 14.6. The maximum absolute atomic E-state index is 5.13. The number of hydrogen-bond acceptors (Lipinski definition) is 5. The summed E-state index contributed by atoms with van der Waals surface area (Å²) in [6, 6.07) is 46.7. The van der Waals surface area contributed by atoms with Crippen molar-refractivity contribution >= 4 is 122 Å². The number of thiophene rings is 3. The molecule has 10 aromatic rings. The molecule has 2 nitrogen and oxygen atoms in total. The van der Waals surface area contributed by atoms with Gasteiger partial charge in [0, 0.05) is 73.4 Å². The van der Waals surface area contributed by atoms with Gasteiger partial charge in [0.1, 0.15) is 5.82 Å². The minimum Gasteiger partial charge on any atom is -0.295 e. The van der Waals surface area contributed by atoms with Crippen molar-refractivity contribution in [2.24, 2.45) is 0 Å². The molecule has 44 heavy (non-hydrogen) atoms. The van der Waals surface area contributed by atoms with Crippen LogP contribution in [0, 0.1) is 0 Å². The third-order valence-electron chi connectivity index (χ3n) is 8.68. The van der Waals surface area contributed by atoms with Crippen LogP contribution >= 0.6 is 34.0 Å². The highest BCUT2D eigenvalue weighted by Crippen LogP contribution is 2.44. The van der Waals surface area contributed by atoms with Crippen molar-refractivity contribution in [3.63, 3.8) is 0 Å². The van der Waals surface area contributed by atoms with Gasteiger partial charge < -0.3 is 0 Å².